The first-order valence-electron chi connectivity index (χ1n) is 42.4. The number of piperazine rings is 1. The Bertz CT molecular complexity index is 4870. The lowest BCUT2D eigenvalue weighted by molar-refractivity contribution is -0.332. The van der Waals surface area contributed by atoms with Crippen molar-refractivity contribution in [2.24, 2.45) is 62.5 Å². The van der Waals surface area contributed by atoms with Crippen molar-refractivity contribution in [2.45, 2.75) is 248 Å². The molecular weight excluding hydrogens is 1640 g/mol. The van der Waals surface area contributed by atoms with Gasteiger partial charge in [0.2, 0.25) is 11.3 Å². The van der Waals surface area contributed by atoms with Crippen molar-refractivity contribution in [3.8, 4) is 17.2 Å². The lowest BCUT2D eigenvalue weighted by atomic mass is 9.78. The number of allylic oxidation sites excluding steroid dienone is 2. The average molecular weight is 1760 g/mol. The number of pyridine rings is 1. The normalized spacial score (nSPS) is 34.5. The molecule has 2 saturated carbocycles. The van der Waals surface area contributed by atoms with Crippen LogP contribution in [0.4, 0.5) is 15.8 Å². The lowest BCUT2D eigenvalue weighted by Gasteiger charge is -2.49. The molecule has 3 aromatic carbocycles. The first kappa shape index (κ1) is 97.2. The molecule has 0 radical (unpaired) electrons. The molecule has 8 heterocycles. The van der Waals surface area contributed by atoms with E-state index in [9.17, 15) is 99.5 Å². The van der Waals surface area contributed by atoms with Crippen LogP contribution in [0.1, 0.15) is 133 Å². The number of methoxy groups -OCH3 is 1. The molecule has 1 aromatic heterocycles. The molecule has 7 aliphatic heterocycles. The highest BCUT2D eigenvalue weighted by molar-refractivity contribution is 6.19. The Morgan fingerprint density at radius 3 is 2.05 bits per heavy atom. The summed E-state index contributed by atoms with van der Waals surface area (Å²) >= 11 is 0. The zero-order valence-electron chi connectivity index (χ0n) is 71.9. The van der Waals surface area contributed by atoms with Crippen LogP contribution in [0, 0.1) is 42.3 Å². The minimum atomic E-state index is -1.96. The molecule has 24 N–H and O–H groups in total. The zero-order chi connectivity index (χ0) is 91.6. The molecule has 25 atom stereocenters. The predicted molar refractivity (Wildman–Crippen MR) is 448 cm³/mol. The van der Waals surface area contributed by atoms with Crippen molar-refractivity contribution >= 4 is 62.6 Å². The van der Waals surface area contributed by atoms with Gasteiger partial charge in [0.05, 0.1) is 70.8 Å². The third-order valence-electron chi connectivity index (χ3n) is 25.1. The number of nitrogens with one attached hydrogen (secondary N) is 3. The second-order valence-electron chi connectivity index (χ2n) is 34.7. The van der Waals surface area contributed by atoms with Crippen molar-refractivity contribution in [3.63, 3.8) is 0 Å². The molecule has 2 amide bonds. The van der Waals surface area contributed by atoms with Crippen molar-refractivity contribution < 1.29 is 133 Å². The van der Waals surface area contributed by atoms with Gasteiger partial charge in [0.1, 0.15) is 107 Å². The maximum absolute atomic E-state index is 14.7. The van der Waals surface area contributed by atoms with Gasteiger partial charge in [-0.25, -0.2) is 9.18 Å². The van der Waals surface area contributed by atoms with Gasteiger partial charge in [0, 0.05) is 150 Å². The van der Waals surface area contributed by atoms with Gasteiger partial charge >= 0.3 is 17.7 Å². The number of carbonyl (C=O) groups is 5. The summed E-state index contributed by atoms with van der Waals surface area (Å²) in [5.41, 5.74) is 22.7. The van der Waals surface area contributed by atoms with Crippen LogP contribution in [0.25, 0.3) is 21.7 Å². The number of amides is 2. The van der Waals surface area contributed by atoms with E-state index >= 15 is 0 Å². The Balaban J connectivity index is 0.000000202. The third kappa shape index (κ3) is 20.5. The Hall–Kier alpha value is -8.41. The number of esters is 1. The number of ether oxygens (including phenoxy) is 8. The van der Waals surface area contributed by atoms with Crippen LogP contribution in [0.3, 0.4) is 0 Å². The number of rotatable bonds is 17. The van der Waals surface area contributed by atoms with Crippen molar-refractivity contribution in [2.75, 3.05) is 82.8 Å². The largest absolute Gasteiger partial charge is 0.507 e. The van der Waals surface area contributed by atoms with Crippen LogP contribution in [-0.4, -0.2) is 312 Å². The van der Waals surface area contributed by atoms with Gasteiger partial charge in [-0.15, -0.1) is 0 Å². The van der Waals surface area contributed by atoms with E-state index in [4.69, 9.17) is 70.8 Å². The molecular formula is C85H123FN12O27. The van der Waals surface area contributed by atoms with E-state index in [1.54, 1.807) is 71.9 Å². The number of phenolic OH excluding ortho intramolecular Hbond substituents is 2. The number of benzene rings is 3. The zero-order valence-corrected chi connectivity index (χ0v) is 71.9. The van der Waals surface area contributed by atoms with Gasteiger partial charge in [-0.2, -0.15) is 0 Å². The third-order valence-corrected chi connectivity index (χ3v) is 25.1. The van der Waals surface area contributed by atoms with Gasteiger partial charge < -0.3 is 158 Å². The number of carboxylic acid groups (broad SMARTS) is 1. The maximum Gasteiger partial charge on any atom is 0.341 e. The number of anilines is 2. The number of piperidine rings is 1. The number of aromatic nitrogens is 1. The van der Waals surface area contributed by atoms with E-state index in [2.05, 4.69) is 34.7 Å². The minimum absolute atomic E-state index is 0.0101. The van der Waals surface area contributed by atoms with E-state index in [-0.39, 0.29) is 98.3 Å². The molecule has 39 nitrogen and oxygen atoms in total. The first-order valence-corrected chi connectivity index (χ1v) is 42.4. The second-order valence-corrected chi connectivity index (χ2v) is 34.7. The van der Waals surface area contributed by atoms with Crippen molar-refractivity contribution in [1.82, 2.24) is 20.1 Å². The number of aliphatic hydroxyl groups is 10. The van der Waals surface area contributed by atoms with Gasteiger partial charge in [-0.1, -0.05) is 59.8 Å². The molecule has 2 aliphatic carbocycles. The molecule has 40 heteroatoms. The topological polar surface area (TPSA) is 616 Å². The molecule has 2 unspecified atom stereocenters. The summed E-state index contributed by atoms with van der Waals surface area (Å²) < 4.78 is 62.9. The van der Waals surface area contributed by atoms with Gasteiger partial charge in [0.15, 0.2) is 24.0 Å². The Kier molecular flexibility index (Phi) is 31.5. The molecule has 125 heavy (non-hydrogen) atoms. The quantitative estimate of drug-likeness (QED) is 0.0398. The fraction of sp³-hybridized carbons (Fsp3) is 0.647. The molecule has 4 bridgehead atoms. The molecule has 6 fully saturated rings. The SMILES string of the molecule is CO[C@H]1/C=C\O[C@@]2(C)Oc3c(C)c(O)c4c(O)c(c5c(c4c3C2=O)=NC2(CCN(CC(C)C)CC2)N=5)NC(=O)/C(C)=C/C=C\[C@H](C)[C@H](O)[C@@H](C)[C@@H](O)[C@H](C)[C@@H](OC(C)=O)[C@@H]1C.NCCC(O)C(=O)N[C@@H]1C[C@H](N)C(O[C@H]2O[C@H](CN)[C@@H](O)[C@H](O)[C@H]2O)[C@H](O)[C@H]1O[C@H]1O[C@H](CO)[C@@H](O)[C@H](N)[C@H]1O.O=C(O)c1cn(C2CC2)c2cc(N3CCNCC3)c(F)cc2c1=O. The van der Waals surface area contributed by atoms with Crippen LogP contribution < -0.4 is 64.7 Å². The number of nitrogens with zero attached hydrogens (tertiary/aromatic N) is 5. The smallest absolute Gasteiger partial charge is 0.341 e. The summed E-state index contributed by atoms with van der Waals surface area (Å²) in [5, 5.41) is 148. The van der Waals surface area contributed by atoms with E-state index in [1.165, 1.54) is 39.5 Å². The lowest BCUT2D eigenvalue weighted by Crippen LogP contribution is -2.69. The van der Waals surface area contributed by atoms with E-state index in [0.717, 1.165) is 32.5 Å². The number of halogens is 1. The number of likely N-dealkylation sites (tertiary alicyclic amines) is 1. The summed E-state index contributed by atoms with van der Waals surface area (Å²) in [6, 6.07) is -0.376. The van der Waals surface area contributed by atoms with Crippen LogP contribution in [-0.2, 0) is 47.5 Å². The highest BCUT2D eigenvalue weighted by atomic mass is 19.1. The van der Waals surface area contributed by atoms with Crippen LogP contribution in [0.2, 0.25) is 0 Å². The van der Waals surface area contributed by atoms with Crippen molar-refractivity contribution in [1.29, 1.82) is 0 Å². The molecule has 4 aromatic rings. The number of aliphatic hydroxyl groups excluding tert-OH is 10. The number of carbonyl (C=O) groups excluding carboxylic acids is 4. The number of hydrogen-bond acceptors (Lipinski definition) is 35. The maximum atomic E-state index is 14.7. The van der Waals surface area contributed by atoms with Crippen LogP contribution >= 0.6 is 0 Å². The highest BCUT2D eigenvalue weighted by Gasteiger charge is 2.55. The molecule has 1 spiro atoms. The Morgan fingerprint density at radius 2 is 1.43 bits per heavy atom. The fourth-order valence-corrected chi connectivity index (χ4v) is 17.6. The van der Waals surface area contributed by atoms with Gasteiger partial charge in [-0.3, -0.25) is 34.0 Å². The number of ketones is 1. The summed E-state index contributed by atoms with van der Waals surface area (Å²) in [4.78, 5) is 92.0. The average Bonchev–Trinajstić information content (AvgIpc) is 1.54. The number of carboxylic acids is 1. The number of hydrogen-bond donors (Lipinski definition) is 20. The Labute approximate surface area is 720 Å². The summed E-state index contributed by atoms with van der Waals surface area (Å²) in [6.45, 7) is 21.6. The van der Waals surface area contributed by atoms with Gasteiger partial charge in [-0.05, 0) is 70.2 Å². The molecule has 692 valence electrons. The predicted octanol–water partition coefficient (Wildman–Crippen LogP) is -2.09. The van der Waals surface area contributed by atoms with Crippen molar-refractivity contribution in [3.05, 3.63) is 97.9 Å². The number of phenols is 2. The second kappa shape index (κ2) is 40.5. The molecule has 4 saturated heterocycles. The Morgan fingerprint density at radius 1 is 0.784 bits per heavy atom. The summed E-state index contributed by atoms with van der Waals surface area (Å²) in [7, 11) is 1.47. The van der Waals surface area contributed by atoms with E-state index in [0.29, 0.717) is 56.1 Å². The van der Waals surface area contributed by atoms with E-state index < -0.39 is 211 Å². The number of fused-ring (bicyclic) bond motifs is 2. The first-order chi connectivity index (χ1) is 59.1. The number of nitrogens with two attached hydrogens (primary N) is 4. The number of aromatic carboxylic acids is 1. The fourth-order valence-electron chi connectivity index (χ4n) is 17.6. The monoisotopic (exact) mass is 1760 g/mol. The van der Waals surface area contributed by atoms with Gasteiger partial charge in [0.25, 0.3) is 11.7 Å². The van der Waals surface area contributed by atoms with E-state index in [1.807, 2.05) is 9.47 Å². The highest BCUT2D eigenvalue weighted by Crippen LogP contribution is 2.51. The molecule has 13 rings (SSSR count). The number of Topliss-reactive ketones (excluding diaryl/α,β-unsaturated/α-hetero) is 1. The van der Waals surface area contributed by atoms with Crippen LogP contribution in [0.15, 0.2) is 69.2 Å². The number of aromatic hydroxyl groups is 2. The minimum Gasteiger partial charge on any atom is -0.507 e. The summed E-state index contributed by atoms with van der Waals surface area (Å²) in [5.74, 6) is -9.04. The van der Waals surface area contributed by atoms with Crippen LogP contribution in [0.5, 0.6) is 17.2 Å². The molecule has 9 aliphatic rings. The standard InChI is InChI=1S/C46H62N4O11.C22H43N5O13.C17H18FN3O3/c1-22(2)21-50-18-16-46(17-19-50)48-34-31-32-39(54)28(8)42-33(31)43(56)45(10,61-42)59-20-15-30(58-11)25(5)41(60-29(9)51)27(7)38(53)26(6)37(52)23(3)13-12-14-24(4)44(57)47-36(40(32)55)35(34)49-46;23-2-1-8(29)20(36)27-7-3-6(25)18(39-22-16(34)15(33)13(31)9(4-24)37-22)17(35)19(7)40-21-14(32)11(26)12(30)10(5-28)38-21;18-13-7-11-14(8-15(13)20-5-3-19-4-6-20)21(10-1-2-10)9-12(16(11)22)17(23)24/h12-15,20,22-23,25-27,30,37-38,41,52-55H,16-19,21H2,1-11H3,(H,47,57);6-19,21-22,28-35H,1-5,23-26H2,(H,27,36);7-10,19H,1-6H2,(H,23,24)/b13-12-,20-15-,24-14+;;/t23-,25+,26+,27-,30-,37-,38+,41-,45-;6-,7+,8?,9+,10+,11-,12+,13+,14+,15-,16+,17-,18?,19-,21+,22+;/m00./s1. The summed E-state index contributed by atoms with van der Waals surface area (Å²) in [6.07, 6.45) is -11.5.